The first-order chi connectivity index (χ1) is 19.3. The van der Waals surface area contributed by atoms with Gasteiger partial charge in [-0.2, -0.15) is 0 Å². The molecule has 0 saturated heterocycles. The van der Waals surface area contributed by atoms with E-state index >= 15 is 0 Å². The molecule has 10 heteroatoms. The van der Waals surface area contributed by atoms with Gasteiger partial charge in [-0.3, -0.25) is 13.9 Å². The summed E-state index contributed by atoms with van der Waals surface area (Å²) in [6, 6.07) is 15.8. The van der Waals surface area contributed by atoms with Crippen LogP contribution in [0.5, 0.6) is 0 Å². The maximum absolute atomic E-state index is 14.1. The summed E-state index contributed by atoms with van der Waals surface area (Å²) in [6.07, 6.45) is 0.717. The van der Waals surface area contributed by atoms with Crippen LogP contribution in [0.25, 0.3) is 0 Å². The van der Waals surface area contributed by atoms with E-state index in [1.807, 2.05) is 40.7 Å². The van der Waals surface area contributed by atoms with Gasteiger partial charge in [-0.15, -0.1) is 0 Å². The van der Waals surface area contributed by atoms with E-state index in [9.17, 15) is 18.0 Å². The molecule has 220 valence electrons. The minimum Gasteiger partial charge on any atom is -0.352 e. The minimum atomic E-state index is -4.15. The lowest BCUT2D eigenvalue weighted by Gasteiger charge is -2.33. The summed E-state index contributed by atoms with van der Waals surface area (Å²) in [5, 5.41) is 3.60. The highest BCUT2D eigenvalue weighted by Gasteiger charge is 2.33. The predicted molar refractivity (Wildman–Crippen MR) is 166 cm³/mol. The van der Waals surface area contributed by atoms with Gasteiger partial charge in [0.2, 0.25) is 11.8 Å². The molecule has 2 amide bonds. The highest BCUT2D eigenvalue weighted by molar-refractivity contribution is 7.92. The molecule has 0 bridgehead atoms. The van der Waals surface area contributed by atoms with Crippen molar-refractivity contribution in [2.45, 2.75) is 71.5 Å². The van der Waals surface area contributed by atoms with Gasteiger partial charge < -0.3 is 10.2 Å². The molecule has 3 aromatic rings. The molecule has 3 rings (SSSR count). The van der Waals surface area contributed by atoms with E-state index < -0.39 is 28.5 Å². The Labute approximate surface area is 253 Å². The molecule has 0 radical (unpaired) electrons. The third-order valence-electron chi connectivity index (χ3n) is 7.24. The summed E-state index contributed by atoms with van der Waals surface area (Å²) in [7, 11) is -4.15. The minimum absolute atomic E-state index is 0.0238. The zero-order valence-electron chi connectivity index (χ0n) is 24.2. The molecule has 0 fully saturated rings. The first kappa shape index (κ1) is 32.4. The van der Waals surface area contributed by atoms with Gasteiger partial charge in [-0.25, -0.2) is 8.42 Å². The fourth-order valence-electron chi connectivity index (χ4n) is 4.24. The molecular formula is C31H37Cl2N3O4S. The molecule has 3 aromatic carbocycles. The standard InChI is InChI=1S/C31H37Cl2N3O4S/c1-7-22(4)34-31(38)24(6)35(18-25-13-16-27(32)28(33)17-25)30(37)19-36(29-10-8-9-21(3)23(29)5)41(39,40)26-14-11-20(2)12-15-26/h8-17,22,24H,7,18-19H2,1-6H3,(H,34,38). The second-order valence-corrected chi connectivity index (χ2v) is 13.0. The van der Waals surface area contributed by atoms with E-state index in [0.717, 1.165) is 21.0 Å². The summed E-state index contributed by atoms with van der Waals surface area (Å²) in [5.41, 5.74) is 3.57. The van der Waals surface area contributed by atoms with Gasteiger partial charge in [-0.1, -0.05) is 66.0 Å². The fourth-order valence-corrected chi connectivity index (χ4v) is 6.03. The molecule has 0 aromatic heterocycles. The summed E-state index contributed by atoms with van der Waals surface area (Å²) >= 11 is 12.3. The van der Waals surface area contributed by atoms with Crippen LogP contribution in [0.2, 0.25) is 10.0 Å². The summed E-state index contributed by atoms with van der Waals surface area (Å²) < 4.78 is 29.2. The molecule has 0 aliphatic rings. The maximum Gasteiger partial charge on any atom is 0.264 e. The molecule has 2 atom stereocenters. The normalized spacial score (nSPS) is 12.9. The van der Waals surface area contributed by atoms with E-state index in [2.05, 4.69) is 5.32 Å². The van der Waals surface area contributed by atoms with Gasteiger partial charge in [0.25, 0.3) is 10.0 Å². The Morgan fingerprint density at radius 2 is 1.59 bits per heavy atom. The number of amides is 2. The average molecular weight is 619 g/mol. The van der Waals surface area contributed by atoms with Crippen LogP contribution in [0, 0.1) is 20.8 Å². The van der Waals surface area contributed by atoms with Gasteiger partial charge >= 0.3 is 0 Å². The van der Waals surface area contributed by atoms with Crippen LogP contribution in [-0.4, -0.2) is 43.8 Å². The van der Waals surface area contributed by atoms with Gasteiger partial charge in [0.05, 0.1) is 20.6 Å². The van der Waals surface area contributed by atoms with Crippen molar-refractivity contribution in [1.82, 2.24) is 10.2 Å². The lowest BCUT2D eigenvalue weighted by molar-refractivity contribution is -0.139. The van der Waals surface area contributed by atoms with Crippen LogP contribution in [0.3, 0.4) is 0 Å². The van der Waals surface area contributed by atoms with Gasteiger partial charge in [-0.05, 0) is 88.1 Å². The average Bonchev–Trinajstić information content (AvgIpc) is 2.93. The van der Waals surface area contributed by atoms with E-state index in [0.29, 0.717) is 27.7 Å². The number of benzene rings is 3. The van der Waals surface area contributed by atoms with Crippen LogP contribution in [0.15, 0.2) is 65.6 Å². The number of carbonyl (C=O) groups excluding carboxylic acids is 2. The number of nitrogens with zero attached hydrogens (tertiary/aromatic N) is 2. The van der Waals surface area contributed by atoms with Crippen molar-refractivity contribution >= 4 is 50.7 Å². The third kappa shape index (κ3) is 7.82. The highest BCUT2D eigenvalue weighted by Crippen LogP contribution is 2.30. The van der Waals surface area contributed by atoms with Crippen molar-refractivity contribution in [1.29, 1.82) is 0 Å². The van der Waals surface area contributed by atoms with Gasteiger partial charge in [0, 0.05) is 12.6 Å². The number of hydrogen-bond donors (Lipinski definition) is 1. The number of sulfonamides is 1. The Bertz CT molecular complexity index is 1510. The summed E-state index contributed by atoms with van der Waals surface area (Å²) in [6.45, 7) is 10.5. The largest absolute Gasteiger partial charge is 0.352 e. The number of halogens is 2. The van der Waals surface area contributed by atoms with Crippen LogP contribution in [0.4, 0.5) is 5.69 Å². The Hall–Kier alpha value is -3.07. The summed E-state index contributed by atoms with van der Waals surface area (Å²) in [4.78, 5) is 28.7. The van der Waals surface area contributed by atoms with Crippen molar-refractivity contribution < 1.29 is 18.0 Å². The fraction of sp³-hybridized carbons (Fsp3) is 0.355. The SMILES string of the molecule is CCC(C)NC(=O)C(C)N(Cc1ccc(Cl)c(Cl)c1)C(=O)CN(c1cccc(C)c1C)S(=O)(=O)c1ccc(C)cc1. The molecule has 1 N–H and O–H groups in total. The smallest absolute Gasteiger partial charge is 0.264 e. The third-order valence-corrected chi connectivity index (χ3v) is 9.75. The van der Waals surface area contributed by atoms with Crippen molar-refractivity contribution in [2.24, 2.45) is 0 Å². The van der Waals surface area contributed by atoms with E-state index in [1.54, 1.807) is 49.4 Å². The predicted octanol–water partition coefficient (Wildman–Crippen LogP) is 6.45. The lowest BCUT2D eigenvalue weighted by atomic mass is 10.1. The second kappa shape index (κ2) is 13.7. The number of aryl methyl sites for hydroxylation is 2. The van der Waals surface area contributed by atoms with Gasteiger partial charge in [0.1, 0.15) is 12.6 Å². The Morgan fingerprint density at radius 3 is 2.20 bits per heavy atom. The number of carbonyl (C=O) groups is 2. The number of nitrogens with one attached hydrogen (secondary N) is 1. The summed E-state index contributed by atoms with van der Waals surface area (Å²) in [5.74, 6) is -0.882. The quantitative estimate of drug-likeness (QED) is 0.268. The van der Waals surface area contributed by atoms with E-state index in [1.165, 1.54) is 17.0 Å². The molecule has 7 nitrogen and oxygen atoms in total. The zero-order chi connectivity index (χ0) is 30.5. The zero-order valence-corrected chi connectivity index (χ0v) is 26.6. The topological polar surface area (TPSA) is 86.8 Å². The lowest BCUT2D eigenvalue weighted by Crippen LogP contribution is -2.52. The molecule has 2 unspecified atom stereocenters. The molecular weight excluding hydrogens is 581 g/mol. The molecule has 0 saturated carbocycles. The molecule has 41 heavy (non-hydrogen) atoms. The maximum atomic E-state index is 14.1. The van der Waals surface area contributed by atoms with Crippen molar-refractivity contribution in [2.75, 3.05) is 10.8 Å². The molecule has 0 heterocycles. The van der Waals surface area contributed by atoms with Crippen molar-refractivity contribution in [3.8, 4) is 0 Å². The van der Waals surface area contributed by atoms with Crippen LogP contribution < -0.4 is 9.62 Å². The highest BCUT2D eigenvalue weighted by atomic mass is 35.5. The van der Waals surface area contributed by atoms with Crippen LogP contribution in [-0.2, 0) is 26.2 Å². The van der Waals surface area contributed by atoms with Crippen LogP contribution in [0.1, 0.15) is 49.4 Å². The first-order valence-electron chi connectivity index (χ1n) is 13.5. The number of anilines is 1. The molecule has 0 aliphatic carbocycles. The number of hydrogen-bond acceptors (Lipinski definition) is 4. The molecule has 0 aliphatic heterocycles. The second-order valence-electron chi connectivity index (χ2n) is 10.3. The Morgan fingerprint density at radius 1 is 0.927 bits per heavy atom. The van der Waals surface area contributed by atoms with E-state index in [4.69, 9.17) is 23.2 Å². The first-order valence-corrected chi connectivity index (χ1v) is 15.6. The Kier molecular flexibility index (Phi) is 10.9. The number of rotatable bonds is 11. The van der Waals surface area contributed by atoms with E-state index in [-0.39, 0.29) is 23.4 Å². The van der Waals surface area contributed by atoms with Crippen molar-refractivity contribution in [3.63, 3.8) is 0 Å². The van der Waals surface area contributed by atoms with Crippen molar-refractivity contribution in [3.05, 3.63) is 93.0 Å². The van der Waals surface area contributed by atoms with Crippen LogP contribution >= 0.6 is 23.2 Å². The monoisotopic (exact) mass is 617 g/mol. The van der Waals surface area contributed by atoms with Gasteiger partial charge in [0.15, 0.2) is 0 Å². The Balaban J connectivity index is 2.08. The molecule has 0 spiro atoms.